The second kappa shape index (κ2) is 5.11. The molecule has 0 fully saturated rings. The molecule has 0 aliphatic carbocycles. The summed E-state index contributed by atoms with van der Waals surface area (Å²) in [5.41, 5.74) is 2.07. The van der Waals surface area contributed by atoms with Gasteiger partial charge in [-0.2, -0.15) is 0 Å². The number of rotatable bonds is 4. The zero-order valence-electron chi connectivity index (χ0n) is 8.70. The van der Waals surface area contributed by atoms with Crippen molar-refractivity contribution >= 4 is 0 Å². The second-order valence-corrected chi connectivity index (χ2v) is 3.81. The van der Waals surface area contributed by atoms with Crippen molar-refractivity contribution in [3.05, 3.63) is 35.4 Å². The molecule has 78 valence electrons. The molecule has 0 aliphatic rings. The van der Waals surface area contributed by atoms with E-state index in [0.717, 1.165) is 11.1 Å². The summed E-state index contributed by atoms with van der Waals surface area (Å²) in [5, 5.41) is 8.99. The van der Waals surface area contributed by atoms with Crippen LogP contribution in [-0.4, -0.2) is 17.9 Å². The van der Waals surface area contributed by atoms with Crippen molar-refractivity contribution in [1.29, 1.82) is 0 Å². The van der Waals surface area contributed by atoms with Gasteiger partial charge in [-0.05, 0) is 18.1 Å². The Morgan fingerprint density at radius 1 is 1.36 bits per heavy atom. The average molecular weight is 196 g/mol. The minimum Gasteiger partial charge on any atom is -0.396 e. The van der Waals surface area contributed by atoms with E-state index in [0.29, 0.717) is 6.42 Å². The Kier molecular flexibility index (Phi) is 4.08. The minimum atomic E-state index is -0.810. The van der Waals surface area contributed by atoms with Crippen LogP contribution in [0.15, 0.2) is 24.3 Å². The molecule has 0 heterocycles. The molecule has 2 atom stereocenters. The van der Waals surface area contributed by atoms with Crippen LogP contribution in [0.3, 0.4) is 0 Å². The maximum atomic E-state index is 12.8. The zero-order valence-corrected chi connectivity index (χ0v) is 8.70. The Balaban J connectivity index is 2.78. The number of alkyl halides is 1. The lowest BCUT2D eigenvalue weighted by molar-refractivity contribution is 0.273. The van der Waals surface area contributed by atoms with E-state index in [1.165, 1.54) is 0 Å². The van der Waals surface area contributed by atoms with Gasteiger partial charge in [-0.1, -0.05) is 31.2 Å². The van der Waals surface area contributed by atoms with E-state index in [-0.39, 0.29) is 12.5 Å². The van der Waals surface area contributed by atoms with Gasteiger partial charge in [-0.25, -0.2) is 4.39 Å². The number of hydrogen-bond acceptors (Lipinski definition) is 1. The second-order valence-electron chi connectivity index (χ2n) is 3.81. The van der Waals surface area contributed by atoms with Gasteiger partial charge in [0.15, 0.2) is 0 Å². The van der Waals surface area contributed by atoms with E-state index < -0.39 is 6.17 Å². The van der Waals surface area contributed by atoms with Gasteiger partial charge >= 0.3 is 0 Å². The van der Waals surface area contributed by atoms with E-state index in [2.05, 4.69) is 0 Å². The van der Waals surface area contributed by atoms with E-state index >= 15 is 0 Å². The molecule has 0 aliphatic heterocycles. The van der Waals surface area contributed by atoms with E-state index in [4.69, 9.17) is 5.11 Å². The van der Waals surface area contributed by atoms with Crippen LogP contribution in [0, 0.1) is 0 Å². The Morgan fingerprint density at radius 2 is 2.07 bits per heavy atom. The zero-order chi connectivity index (χ0) is 10.6. The fraction of sp³-hybridized carbons (Fsp3) is 0.500. The topological polar surface area (TPSA) is 20.2 Å². The summed E-state index contributed by atoms with van der Waals surface area (Å²) in [4.78, 5) is 0. The summed E-state index contributed by atoms with van der Waals surface area (Å²) < 4.78 is 12.8. The maximum absolute atomic E-state index is 12.8. The van der Waals surface area contributed by atoms with Crippen LogP contribution >= 0.6 is 0 Å². The largest absolute Gasteiger partial charge is 0.396 e. The molecule has 14 heavy (non-hydrogen) atoms. The average Bonchev–Trinajstić information content (AvgIpc) is 2.16. The molecule has 0 aromatic heterocycles. The normalized spacial score (nSPS) is 15.1. The molecule has 1 rings (SSSR count). The molecule has 1 N–H and O–H groups in total. The van der Waals surface area contributed by atoms with E-state index in [9.17, 15) is 4.39 Å². The molecule has 0 amide bonds. The van der Waals surface area contributed by atoms with Crippen LogP contribution in [0.4, 0.5) is 4.39 Å². The van der Waals surface area contributed by atoms with E-state index in [1.54, 1.807) is 6.92 Å². The number of aliphatic hydroxyl groups is 1. The molecule has 0 spiro atoms. The summed E-state index contributed by atoms with van der Waals surface area (Å²) in [6.07, 6.45) is -0.360. The summed E-state index contributed by atoms with van der Waals surface area (Å²) in [6.45, 7) is 3.65. The minimum absolute atomic E-state index is 0.130. The van der Waals surface area contributed by atoms with Crippen molar-refractivity contribution in [2.45, 2.75) is 32.4 Å². The van der Waals surface area contributed by atoms with Gasteiger partial charge in [0, 0.05) is 18.9 Å². The van der Waals surface area contributed by atoms with Gasteiger partial charge in [-0.3, -0.25) is 0 Å². The predicted octanol–water partition coefficient (Wildman–Crippen LogP) is 2.68. The van der Waals surface area contributed by atoms with Crippen LogP contribution in [-0.2, 0) is 6.42 Å². The number of aliphatic hydroxyl groups excluding tert-OH is 1. The standard InChI is InChI=1S/C12H17FO/c1-9(8-14)12-5-3-4-11(7-12)6-10(2)13/h3-5,7,9-10,14H,6,8H2,1-2H3. The van der Waals surface area contributed by atoms with Gasteiger partial charge < -0.3 is 5.11 Å². The van der Waals surface area contributed by atoms with Crippen LogP contribution < -0.4 is 0 Å². The lowest BCUT2D eigenvalue weighted by Gasteiger charge is -2.10. The van der Waals surface area contributed by atoms with Crippen LogP contribution in [0.25, 0.3) is 0 Å². The van der Waals surface area contributed by atoms with Crippen molar-refractivity contribution in [2.75, 3.05) is 6.61 Å². The molecule has 0 radical (unpaired) electrons. The highest BCUT2D eigenvalue weighted by molar-refractivity contribution is 5.26. The third-order valence-corrected chi connectivity index (χ3v) is 2.31. The van der Waals surface area contributed by atoms with Crippen molar-refractivity contribution in [3.63, 3.8) is 0 Å². The Labute approximate surface area is 84.6 Å². The van der Waals surface area contributed by atoms with Gasteiger partial charge in [0.2, 0.25) is 0 Å². The lowest BCUT2D eigenvalue weighted by atomic mass is 9.98. The molecular weight excluding hydrogens is 179 g/mol. The molecule has 2 unspecified atom stereocenters. The molecule has 0 saturated carbocycles. The van der Waals surface area contributed by atoms with Gasteiger partial charge in [0.25, 0.3) is 0 Å². The first kappa shape index (κ1) is 11.2. The van der Waals surface area contributed by atoms with Gasteiger partial charge in [0.1, 0.15) is 6.17 Å². The molecule has 1 aromatic carbocycles. The summed E-state index contributed by atoms with van der Waals surface area (Å²) in [7, 11) is 0. The SMILES string of the molecule is CC(F)Cc1cccc(C(C)CO)c1. The van der Waals surface area contributed by atoms with E-state index in [1.807, 2.05) is 31.2 Å². The summed E-state index contributed by atoms with van der Waals surface area (Å²) in [5.74, 6) is 0.130. The summed E-state index contributed by atoms with van der Waals surface area (Å²) in [6, 6.07) is 7.77. The fourth-order valence-electron chi connectivity index (χ4n) is 1.46. The molecular formula is C12H17FO. The number of hydrogen-bond donors (Lipinski definition) is 1. The predicted molar refractivity (Wildman–Crippen MR) is 56.2 cm³/mol. The van der Waals surface area contributed by atoms with Gasteiger partial charge in [0.05, 0.1) is 0 Å². The highest BCUT2D eigenvalue weighted by Crippen LogP contribution is 2.17. The Bertz CT molecular complexity index is 283. The molecule has 1 aromatic rings. The first-order valence-electron chi connectivity index (χ1n) is 4.97. The third kappa shape index (κ3) is 3.11. The smallest absolute Gasteiger partial charge is 0.101 e. The number of halogens is 1. The highest BCUT2D eigenvalue weighted by Gasteiger charge is 2.06. The maximum Gasteiger partial charge on any atom is 0.101 e. The molecule has 1 nitrogen and oxygen atoms in total. The van der Waals surface area contributed by atoms with Crippen LogP contribution in [0.5, 0.6) is 0 Å². The number of benzene rings is 1. The first-order chi connectivity index (χ1) is 6.63. The van der Waals surface area contributed by atoms with Crippen LogP contribution in [0.1, 0.15) is 30.9 Å². The van der Waals surface area contributed by atoms with Crippen molar-refractivity contribution in [1.82, 2.24) is 0 Å². The van der Waals surface area contributed by atoms with Crippen molar-refractivity contribution in [2.24, 2.45) is 0 Å². The quantitative estimate of drug-likeness (QED) is 0.785. The van der Waals surface area contributed by atoms with Crippen LogP contribution in [0.2, 0.25) is 0 Å². The molecule has 2 heteroatoms. The first-order valence-corrected chi connectivity index (χ1v) is 4.97. The molecule has 0 bridgehead atoms. The van der Waals surface area contributed by atoms with Crippen molar-refractivity contribution < 1.29 is 9.50 Å². The summed E-state index contributed by atoms with van der Waals surface area (Å²) >= 11 is 0. The lowest BCUT2D eigenvalue weighted by Crippen LogP contribution is -2.02. The Morgan fingerprint density at radius 3 is 2.64 bits per heavy atom. The van der Waals surface area contributed by atoms with Gasteiger partial charge in [-0.15, -0.1) is 0 Å². The highest BCUT2D eigenvalue weighted by atomic mass is 19.1. The Hall–Kier alpha value is -0.890. The van der Waals surface area contributed by atoms with Crippen molar-refractivity contribution in [3.8, 4) is 0 Å². The fourth-order valence-corrected chi connectivity index (χ4v) is 1.46. The molecule has 0 saturated heterocycles. The monoisotopic (exact) mass is 196 g/mol. The third-order valence-electron chi connectivity index (χ3n) is 2.31.